The average Bonchev–Trinajstić information content (AvgIpc) is 2.55. The molecule has 1 aliphatic heterocycles. The highest BCUT2D eigenvalue weighted by molar-refractivity contribution is 6.43. The molecule has 0 fully saturated rings. The van der Waals surface area contributed by atoms with Crippen LogP contribution in [0.2, 0.25) is 0 Å². The van der Waals surface area contributed by atoms with E-state index in [1.807, 2.05) is 13.8 Å². The number of rotatable bonds is 13. The fraction of sp³-hybridized carbons (Fsp3) is 0.850. The van der Waals surface area contributed by atoms with E-state index in [9.17, 15) is 4.79 Å². The van der Waals surface area contributed by atoms with Gasteiger partial charge in [-0.3, -0.25) is 4.79 Å². The SMILES string of the molecule is CCCCCCCCCCCCOC1C=C(Cl)C(=O)C(C(C)C)O1. The highest BCUT2D eigenvalue weighted by Crippen LogP contribution is 2.24. The third kappa shape index (κ3) is 8.64. The number of halogens is 1. The Labute approximate surface area is 153 Å². The van der Waals surface area contributed by atoms with Crippen molar-refractivity contribution >= 4 is 17.4 Å². The molecular formula is C20H35ClO3. The van der Waals surface area contributed by atoms with E-state index in [0.29, 0.717) is 6.61 Å². The van der Waals surface area contributed by atoms with Crippen molar-refractivity contribution < 1.29 is 14.3 Å². The summed E-state index contributed by atoms with van der Waals surface area (Å²) in [5, 5.41) is 0.244. The first-order valence-corrected chi connectivity index (χ1v) is 10.1. The minimum atomic E-state index is -0.486. The smallest absolute Gasteiger partial charge is 0.203 e. The van der Waals surface area contributed by atoms with Crippen LogP contribution in [-0.2, 0) is 14.3 Å². The first kappa shape index (κ1) is 21.7. The van der Waals surface area contributed by atoms with Crippen LogP contribution in [0.15, 0.2) is 11.1 Å². The molecule has 0 bridgehead atoms. The molecule has 0 saturated carbocycles. The molecule has 1 aliphatic rings. The van der Waals surface area contributed by atoms with Gasteiger partial charge < -0.3 is 9.47 Å². The lowest BCUT2D eigenvalue weighted by molar-refractivity contribution is -0.170. The van der Waals surface area contributed by atoms with E-state index in [4.69, 9.17) is 21.1 Å². The monoisotopic (exact) mass is 358 g/mol. The zero-order valence-corrected chi connectivity index (χ0v) is 16.4. The van der Waals surface area contributed by atoms with E-state index in [-0.39, 0.29) is 16.7 Å². The van der Waals surface area contributed by atoms with Crippen molar-refractivity contribution in [2.24, 2.45) is 5.92 Å². The summed E-state index contributed by atoms with van der Waals surface area (Å²) in [4.78, 5) is 11.9. The maximum Gasteiger partial charge on any atom is 0.203 e. The molecule has 2 atom stereocenters. The second-order valence-electron chi connectivity index (χ2n) is 7.10. The molecule has 0 spiro atoms. The van der Waals surface area contributed by atoms with Gasteiger partial charge in [-0.2, -0.15) is 0 Å². The maximum atomic E-state index is 11.9. The zero-order chi connectivity index (χ0) is 17.8. The molecule has 0 N–H and O–H groups in total. The number of Topliss-reactive ketones (excluding diaryl/α,β-unsaturated/α-hetero) is 1. The molecule has 0 aromatic rings. The van der Waals surface area contributed by atoms with Crippen LogP contribution in [0.25, 0.3) is 0 Å². The topological polar surface area (TPSA) is 35.5 Å². The summed E-state index contributed by atoms with van der Waals surface area (Å²) in [6, 6.07) is 0. The lowest BCUT2D eigenvalue weighted by Gasteiger charge is -2.28. The predicted molar refractivity (Wildman–Crippen MR) is 100 cm³/mol. The molecule has 0 aromatic carbocycles. The molecule has 4 heteroatoms. The number of hydrogen-bond acceptors (Lipinski definition) is 3. The quantitative estimate of drug-likeness (QED) is 0.379. The minimum absolute atomic E-state index is 0.100. The Balaban J connectivity index is 2.04. The highest BCUT2D eigenvalue weighted by Gasteiger charge is 2.32. The number of unbranched alkanes of at least 4 members (excludes halogenated alkanes) is 9. The van der Waals surface area contributed by atoms with Crippen LogP contribution in [0.5, 0.6) is 0 Å². The van der Waals surface area contributed by atoms with Gasteiger partial charge in [0.25, 0.3) is 0 Å². The summed E-state index contributed by atoms with van der Waals surface area (Å²) in [5.74, 6) is -0.0335. The van der Waals surface area contributed by atoms with Gasteiger partial charge in [0.15, 0.2) is 6.29 Å². The first-order valence-electron chi connectivity index (χ1n) is 9.74. The number of hydrogen-bond donors (Lipinski definition) is 0. The van der Waals surface area contributed by atoms with Crippen LogP contribution in [0.1, 0.15) is 85.0 Å². The lowest BCUT2D eigenvalue weighted by atomic mass is 10.0. The van der Waals surface area contributed by atoms with Gasteiger partial charge in [-0.05, 0) is 18.4 Å². The van der Waals surface area contributed by atoms with E-state index in [2.05, 4.69) is 6.92 Å². The Morgan fingerprint density at radius 2 is 1.58 bits per heavy atom. The second-order valence-corrected chi connectivity index (χ2v) is 7.51. The van der Waals surface area contributed by atoms with Crippen molar-refractivity contribution in [3.8, 4) is 0 Å². The third-order valence-electron chi connectivity index (χ3n) is 4.44. The molecule has 24 heavy (non-hydrogen) atoms. The standard InChI is InChI=1S/C20H35ClO3/c1-4-5-6-7-8-9-10-11-12-13-14-23-18-15-17(21)19(22)20(24-18)16(2)3/h15-16,18,20H,4-14H2,1-3H3. The Morgan fingerprint density at radius 1 is 1.04 bits per heavy atom. The van der Waals surface area contributed by atoms with Crippen molar-refractivity contribution in [2.75, 3.05) is 6.61 Å². The van der Waals surface area contributed by atoms with Gasteiger partial charge in [-0.25, -0.2) is 0 Å². The van der Waals surface area contributed by atoms with Crippen LogP contribution in [-0.4, -0.2) is 24.8 Å². The molecule has 1 rings (SSSR count). The van der Waals surface area contributed by atoms with Gasteiger partial charge in [-0.1, -0.05) is 90.2 Å². The molecule has 140 valence electrons. The fourth-order valence-electron chi connectivity index (χ4n) is 2.92. The third-order valence-corrected chi connectivity index (χ3v) is 4.75. The van der Waals surface area contributed by atoms with Crippen molar-refractivity contribution in [3.05, 3.63) is 11.1 Å². The number of ether oxygens (including phenoxy) is 2. The van der Waals surface area contributed by atoms with E-state index in [1.54, 1.807) is 6.08 Å². The van der Waals surface area contributed by atoms with Gasteiger partial charge in [0, 0.05) is 0 Å². The molecule has 0 radical (unpaired) electrons. The number of carbonyl (C=O) groups is 1. The van der Waals surface area contributed by atoms with Crippen LogP contribution >= 0.6 is 11.6 Å². The zero-order valence-electron chi connectivity index (χ0n) is 15.7. The summed E-state index contributed by atoms with van der Waals surface area (Å²) in [6.07, 6.45) is 13.6. The molecule has 0 amide bonds. The normalized spacial score (nSPS) is 21.4. The Bertz CT molecular complexity index is 379. The number of ketones is 1. The summed E-state index contributed by atoms with van der Waals surface area (Å²) in [5.41, 5.74) is 0. The van der Waals surface area contributed by atoms with Gasteiger partial charge >= 0.3 is 0 Å². The van der Waals surface area contributed by atoms with Crippen LogP contribution < -0.4 is 0 Å². The predicted octanol–water partition coefficient (Wildman–Crippen LogP) is 6.00. The van der Waals surface area contributed by atoms with Crippen molar-refractivity contribution in [3.63, 3.8) is 0 Å². The summed E-state index contributed by atoms with van der Waals surface area (Å²) < 4.78 is 11.4. The summed E-state index contributed by atoms with van der Waals surface area (Å²) >= 11 is 5.99. The maximum absolute atomic E-state index is 11.9. The Morgan fingerprint density at radius 3 is 2.12 bits per heavy atom. The molecule has 0 aliphatic carbocycles. The molecule has 2 unspecified atom stereocenters. The van der Waals surface area contributed by atoms with Crippen molar-refractivity contribution in [1.29, 1.82) is 0 Å². The highest BCUT2D eigenvalue weighted by atomic mass is 35.5. The Hall–Kier alpha value is -0.380. The first-order chi connectivity index (χ1) is 11.6. The van der Waals surface area contributed by atoms with Gasteiger partial charge in [0.2, 0.25) is 5.78 Å². The van der Waals surface area contributed by atoms with Crippen molar-refractivity contribution in [2.45, 2.75) is 97.4 Å². The minimum Gasteiger partial charge on any atom is -0.349 e. The molecule has 1 heterocycles. The molecule has 3 nitrogen and oxygen atoms in total. The van der Waals surface area contributed by atoms with Gasteiger partial charge in [0.1, 0.15) is 6.10 Å². The molecular weight excluding hydrogens is 324 g/mol. The van der Waals surface area contributed by atoms with Crippen LogP contribution in [0.3, 0.4) is 0 Å². The van der Waals surface area contributed by atoms with E-state index < -0.39 is 12.4 Å². The number of carbonyl (C=O) groups excluding carboxylic acids is 1. The lowest BCUT2D eigenvalue weighted by Crippen LogP contribution is -2.38. The fourth-order valence-corrected chi connectivity index (χ4v) is 3.13. The Kier molecular flexibility index (Phi) is 11.7. The summed E-state index contributed by atoms with van der Waals surface area (Å²) in [7, 11) is 0. The molecule has 0 aromatic heterocycles. The van der Waals surface area contributed by atoms with Gasteiger partial charge in [0.05, 0.1) is 11.6 Å². The average molecular weight is 359 g/mol. The van der Waals surface area contributed by atoms with E-state index in [0.717, 1.165) is 6.42 Å². The van der Waals surface area contributed by atoms with E-state index in [1.165, 1.54) is 57.8 Å². The van der Waals surface area contributed by atoms with Crippen LogP contribution in [0.4, 0.5) is 0 Å². The largest absolute Gasteiger partial charge is 0.349 e. The van der Waals surface area contributed by atoms with Crippen molar-refractivity contribution in [1.82, 2.24) is 0 Å². The summed E-state index contributed by atoms with van der Waals surface area (Å²) in [6.45, 7) is 6.82. The van der Waals surface area contributed by atoms with E-state index >= 15 is 0 Å². The molecule has 0 saturated heterocycles. The second kappa shape index (κ2) is 12.9. The van der Waals surface area contributed by atoms with Crippen LogP contribution in [0, 0.1) is 5.92 Å². The van der Waals surface area contributed by atoms with Gasteiger partial charge in [-0.15, -0.1) is 0 Å².